The summed E-state index contributed by atoms with van der Waals surface area (Å²) in [5.74, 6) is 1.62. The Morgan fingerprint density at radius 2 is 1.73 bits per heavy atom. The first kappa shape index (κ1) is 19.5. The molecule has 0 spiro atoms. The summed E-state index contributed by atoms with van der Waals surface area (Å²) in [4.78, 5) is 16.8. The molecule has 0 atom stereocenters. The second kappa shape index (κ2) is 8.29. The Morgan fingerprint density at radius 3 is 2.47 bits per heavy atom. The molecule has 0 aliphatic heterocycles. The fourth-order valence-electron chi connectivity index (χ4n) is 3.02. The van der Waals surface area contributed by atoms with Crippen LogP contribution in [-0.4, -0.2) is 24.6 Å². The molecule has 1 aromatic heterocycles. The Morgan fingerprint density at radius 1 is 0.967 bits per heavy atom. The fraction of sp³-hybridized carbons (Fsp3) is 0.167. The molecule has 3 aromatic carbocycles. The number of nitrogens with zero attached hydrogens (tertiary/aromatic N) is 1. The number of methoxy groups -OCH3 is 1. The molecule has 1 N–H and O–H groups in total. The van der Waals surface area contributed by atoms with E-state index in [1.165, 1.54) is 11.1 Å². The van der Waals surface area contributed by atoms with Crippen LogP contribution < -0.4 is 14.8 Å². The molecule has 4 rings (SSSR count). The summed E-state index contributed by atoms with van der Waals surface area (Å²) in [5, 5.41) is 2.82. The number of amides is 1. The van der Waals surface area contributed by atoms with Gasteiger partial charge in [0.25, 0.3) is 5.91 Å². The first-order valence-corrected chi connectivity index (χ1v) is 9.57. The monoisotopic (exact) mass is 402 g/mol. The second-order valence-corrected chi connectivity index (χ2v) is 7.01. The van der Waals surface area contributed by atoms with E-state index in [0.29, 0.717) is 28.4 Å². The van der Waals surface area contributed by atoms with Crippen molar-refractivity contribution in [2.24, 2.45) is 0 Å². The Bertz CT molecular complexity index is 1200. The number of ether oxygens (including phenoxy) is 2. The van der Waals surface area contributed by atoms with Gasteiger partial charge in [-0.15, -0.1) is 0 Å². The molecule has 30 heavy (non-hydrogen) atoms. The molecule has 6 nitrogen and oxygen atoms in total. The van der Waals surface area contributed by atoms with Gasteiger partial charge in [0, 0.05) is 11.3 Å². The van der Waals surface area contributed by atoms with E-state index in [-0.39, 0.29) is 12.5 Å². The Labute approximate surface area is 174 Å². The van der Waals surface area contributed by atoms with Crippen LogP contribution in [0.2, 0.25) is 0 Å². The van der Waals surface area contributed by atoms with Crippen molar-refractivity contribution in [3.63, 3.8) is 0 Å². The van der Waals surface area contributed by atoms with Crippen LogP contribution in [0.25, 0.3) is 22.6 Å². The predicted molar refractivity (Wildman–Crippen MR) is 116 cm³/mol. The normalized spacial score (nSPS) is 10.8. The zero-order chi connectivity index (χ0) is 21.1. The van der Waals surface area contributed by atoms with E-state index in [4.69, 9.17) is 13.9 Å². The summed E-state index contributed by atoms with van der Waals surface area (Å²) in [6.45, 7) is 4.03. The third-order valence-electron chi connectivity index (χ3n) is 4.85. The number of hydrogen-bond acceptors (Lipinski definition) is 5. The first-order chi connectivity index (χ1) is 14.5. The van der Waals surface area contributed by atoms with Crippen molar-refractivity contribution in [3.05, 3.63) is 71.8 Å². The zero-order valence-corrected chi connectivity index (χ0v) is 17.1. The lowest BCUT2D eigenvalue weighted by molar-refractivity contribution is -0.118. The number of rotatable bonds is 6. The maximum atomic E-state index is 12.2. The number of carbonyl (C=O) groups is 1. The van der Waals surface area contributed by atoms with E-state index >= 15 is 0 Å². The molecular formula is C24H22N2O4. The minimum Gasteiger partial charge on any atom is -0.497 e. The first-order valence-electron chi connectivity index (χ1n) is 9.57. The van der Waals surface area contributed by atoms with Gasteiger partial charge in [0.2, 0.25) is 5.89 Å². The van der Waals surface area contributed by atoms with Crippen LogP contribution in [0.1, 0.15) is 11.1 Å². The van der Waals surface area contributed by atoms with E-state index in [1.54, 1.807) is 49.6 Å². The van der Waals surface area contributed by atoms with Gasteiger partial charge >= 0.3 is 0 Å². The van der Waals surface area contributed by atoms with E-state index in [9.17, 15) is 4.79 Å². The molecule has 6 heteroatoms. The van der Waals surface area contributed by atoms with Crippen molar-refractivity contribution < 1.29 is 18.7 Å². The third-order valence-corrected chi connectivity index (χ3v) is 4.85. The molecule has 4 aromatic rings. The van der Waals surface area contributed by atoms with E-state index < -0.39 is 0 Å². The highest BCUT2D eigenvalue weighted by Gasteiger charge is 2.11. The summed E-state index contributed by atoms with van der Waals surface area (Å²) >= 11 is 0. The highest BCUT2D eigenvalue weighted by molar-refractivity contribution is 5.94. The number of fused-ring (bicyclic) bond motifs is 1. The summed E-state index contributed by atoms with van der Waals surface area (Å²) in [6.07, 6.45) is 0. The van der Waals surface area contributed by atoms with Crippen LogP contribution in [0.15, 0.2) is 65.1 Å². The van der Waals surface area contributed by atoms with Gasteiger partial charge in [-0.3, -0.25) is 4.79 Å². The van der Waals surface area contributed by atoms with E-state index in [0.717, 1.165) is 11.3 Å². The maximum absolute atomic E-state index is 12.2. The van der Waals surface area contributed by atoms with Gasteiger partial charge in [-0.2, -0.15) is 0 Å². The summed E-state index contributed by atoms with van der Waals surface area (Å²) in [7, 11) is 1.60. The number of oxazole rings is 1. The van der Waals surface area contributed by atoms with Gasteiger partial charge in [0.15, 0.2) is 12.2 Å². The van der Waals surface area contributed by atoms with Gasteiger partial charge in [0.1, 0.15) is 17.0 Å². The standard InChI is InChI=1S/C24H22N2O4/c1-15-4-5-17(12-16(15)2)24-26-21-13-18(6-11-22(21)30-24)25-23(27)14-29-20-9-7-19(28-3)8-10-20/h4-13H,14H2,1-3H3,(H,25,27). The number of hydrogen-bond donors (Lipinski definition) is 1. The second-order valence-electron chi connectivity index (χ2n) is 7.01. The zero-order valence-electron chi connectivity index (χ0n) is 17.1. The molecular weight excluding hydrogens is 380 g/mol. The average molecular weight is 402 g/mol. The van der Waals surface area contributed by atoms with Crippen LogP contribution >= 0.6 is 0 Å². The molecule has 0 aliphatic carbocycles. The topological polar surface area (TPSA) is 73.6 Å². The predicted octanol–water partition coefficient (Wildman–Crippen LogP) is 5.14. The summed E-state index contributed by atoms with van der Waals surface area (Å²) < 4.78 is 16.5. The highest BCUT2D eigenvalue weighted by Crippen LogP contribution is 2.27. The SMILES string of the molecule is COc1ccc(OCC(=O)Nc2ccc3oc(-c4ccc(C)c(C)c4)nc3c2)cc1. The van der Waals surface area contributed by atoms with E-state index in [2.05, 4.69) is 30.2 Å². The Balaban J connectivity index is 1.43. The van der Waals surface area contributed by atoms with Crippen LogP contribution in [-0.2, 0) is 4.79 Å². The Hall–Kier alpha value is -3.80. The summed E-state index contributed by atoms with van der Waals surface area (Å²) in [5.41, 5.74) is 5.29. The molecule has 1 heterocycles. The van der Waals surface area contributed by atoms with Crippen molar-refractivity contribution in [1.82, 2.24) is 4.98 Å². The van der Waals surface area contributed by atoms with Crippen molar-refractivity contribution >= 4 is 22.7 Å². The number of aryl methyl sites for hydroxylation is 2. The smallest absolute Gasteiger partial charge is 0.262 e. The molecule has 0 saturated carbocycles. The molecule has 0 radical (unpaired) electrons. The lowest BCUT2D eigenvalue weighted by Gasteiger charge is -2.08. The minimum absolute atomic E-state index is 0.100. The van der Waals surface area contributed by atoms with E-state index in [1.807, 2.05) is 12.1 Å². The quantitative estimate of drug-likeness (QED) is 0.483. The van der Waals surface area contributed by atoms with Gasteiger partial charge < -0.3 is 19.2 Å². The lowest BCUT2D eigenvalue weighted by Crippen LogP contribution is -2.20. The van der Waals surface area contributed by atoms with Crippen molar-refractivity contribution in [1.29, 1.82) is 0 Å². The van der Waals surface area contributed by atoms with Gasteiger partial charge in [-0.05, 0) is 79.6 Å². The molecule has 0 unspecified atom stereocenters. The van der Waals surface area contributed by atoms with Crippen LogP contribution in [0.5, 0.6) is 11.5 Å². The number of nitrogens with one attached hydrogen (secondary N) is 1. The minimum atomic E-state index is -0.261. The number of aromatic nitrogens is 1. The molecule has 0 fully saturated rings. The summed E-state index contributed by atoms with van der Waals surface area (Å²) in [6, 6.07) is 18.5. The van der Waals surface area contributed by atoms with Crippen LogP contribution in [0, 0.1) is 13.8 Å². The lowest BCUT2D eigenvalue weighted by atomic mass is 10.1. The van der Waals surface area contributed by atoms with Gasteiger partial charge in [0.05, 0.1) is 7.11 Å². The van der Waals surface area contributed by atoms with Crippen LogP contribution in [0.4, 0.5) is 5.69 Å². The van der Waals surface area contributed by atoms with Crippen molar-refractivity contribution in [2.45, 2.75) is 13.8 Å². The number of carbonyl (C=O) groups excluding carboxylic acids is 1. The fourth-order valence-corrected chi connectivity index (χ4v) is 3.02. The molecule has 1 amide bonds. The van der Waals surface area contributed by atoms with Crippen LogP contribution in [0.3, 0.4) is 0 Å². The maximum Gasteiger partial charge on any atom is 0.262 e. The number of anilines is 1. The van der Waals surface area contributed by atoms with Crippen molar-refractivity contribution in [2.75, 3.05) is 19.0 Å². The average Bonchev–Trinajstić information content (AvgIpc) is 3.18. The molecule has 0 bridgehead atoms. The largest absolute Gasteiger partial charge is 0.497 e. The van der Waals surface area contributed by atoms with Gasteiger partial charge in [-0.25, -0.2) is 4.98 Å². The third kappa shape index (κ3) is 4.27. The number of benzene rings is 3. The molecule has 0 aliphatic rings. The van der Waals surface area contributed by atoms with Gasteiger partial charge in [-0.1, -0.05) is 6.07 Å². The highest BCUT2D eigenvalue weighted by atomic mass is 16.5. The Kier molecular flexibility index (Phi) is 5.39. The molecule has 152 valence electrons. The van der Waals surface area contributed by atoms with Crippen molar-refractivity contribution in [3.8, 4) is 23.0 Å². The molecule has 0 saturated heterocycles.